The molecule has 2 saturated heterocycles. The van der Waals surface area contributed by atoms with Gasteiger partial charge in [-0.05, 0) is 24.3 Å². The number of hydrogen-bond acceptors (Lipinski definition) is 3. The molecule has 156 valence electrons. The second kappa shape index (κ2) is 8.52. The molecule has 0 bridgehead atoms. The van der Waals surface area contributed by atoms with Crippen molar-refractivity contribution in [1.82, 2.24) is 9.80 Å². The van der Waals surface area contributed by atoms with Crippen molar-refractivity contribution in [2.24, 2.45) is 5.92 Å². The number of carbonyl (C=O) groups is 3. The van der Waals surface area contributed by atoms with Crippen molar-refractivity contribution in [2.45, 2.75) is 6.42 Å². The number of halogens is 1. The van der Waals surface area contributed by atoms with Gasteiger partial charge in [-0.15, -0.1) is 0 Å². The Morgan fingerprint density at radius 1 is 0.900 bits per heavy atom. The average Bonchev–Trinajstić information content (AvgIpc) is 3.15. The van der Waals surface area contributed by atoms with E-state index < -0.39 is 11.7 Å². The first-order valence-electron chi connectivity index (χ1n) is 9.97. The molecule has 0 aromatic heterocycles. The zero-order chi connectivity index (χ0) is 21.1. The Balaban J connectivity index is 1.32. The van der Waals surface area contributed by atoms with Crippen molar-refractivity contribution >= 4 is 29.2 Å². The summed E-state index contributed by atoms with van der Waals surface area (Å²) in [5.74, 6) is -1.34. The van der Waals surface area contributed by atoms with E-state index in [2.05, 4.69) is 5.32 Å². The maximum atomic E-state index is 14.0. The molecular formula is C22H23FN4O3. The molecule has 4 amide bonds. The maximum absolute atomic E-state index is 14.0. The Labute approximate surface area is 174 Å². The third-order valence-corrected chi connectivity index (χ3v) is 5.52. The maximum Gasteiger partial charge on any atom is 0.321 e. The molecule has 0 radical (unpaired) electrons. The zero-order valence-corrected chi connectivity index (χ0v) is 16.5. The van der Waals surface area contributed by atoms with Crippen LogP contribution in [0.4, 0.5) is 20.6 Å². The van der Waals surface area contributed by atoms with Crippen molar-refractivity contribution < 1.29 is 18.8 Å². The fourth-order valence-corrected chi connectivity index (χ4v) is 3.89. The van der Waals surface area contributed by atoms with E-state index in [-0.39, 0.29) is 36.5 Å². The lowest BCUT2D eigenvalue weighted by Crippen LogP contribution is -2.53. The molecule has 2 aliphatic rings. The number of hydrogen-bond donors (Lipinski definition) is 1. The van der Waals surface area contributed by atoms with Gasteiger partial charge in [0, 0.05) is 44.8 Å². The minimum absolute atomic E-state index is 0.0713. The number of piperazine rings is 1. The van der Waals surface area contributed by atoms with E-state index in [1.165, 1.54) is 11.0 Å². The van der Waals surface area contributed by atoms with Crippen LogP contribution in [0.2, 0.25) is 0 Å². The number of carbonyl (C=O) groups excluding carboxylic acids is 3. The van der Waals surface area contributed by atoms with Crippen LogP contribution in [0.1, 0.15) is 6.42 Å². The fraction of sp³-hybridized carbons (Fsp3) is 0.318. The highest BCUT2D eigenvalue weighted by atomic mass is 19.1. The summed E-state index contributed by atoms with van der Waals surface area (Å²) in [6.45, 7) is 1.83. The Morgan fingerprint density at radius 2 is 1.53 bits per heavy atom. The van der Waals surface area contributed by atoms with Crippen molar-refractivity contribution in [2.75, 3.05) is 42.9 Å². The highest BCUT2D eigenvalue weighted by molar-refractivity contribution is 6.00. The van der Waals surface area contributed by atoms with Crippen LogP contribution in [0.25, 0.3) is 0 Å². The third-order valence-electron chi connectivity index (χ3n) is 5.52. The van der Waals surface area contributed by atoms with Gasteiger partial charge < -0.3 is 20.0 Å². The Kier molecular flexibility index (Phi) is 5.65. The molecule has 0 saturated carbocycles. The van der Waals surface area contributed by atoms with Gasteiger partial charge in [0.05, 0.1) is 11.6 Å². The number of nitrogens with one attached hydrogen (secondary N) is 1. The van der Waals surface area contributed by atoms with E-state index >= 15 is 0 Å². The van der Waals surface area contributed by atoms with Gasteiger partial charge >= 0.3 is 6.03 Å². The van der Waals surface area contributed by atoms with Crippen LogP contribution in [-0.4, -0.2) is 60.4 Å². The van der Waals surface area contributed by atoms with E-state index in [0.29, 0.717) is 26.2 Å². The topological polar surface area (TPSA) is 73.0 Å². The number of urea groups is 1. The van der Waals surface area contributed by atoms with Crippen LogP contribution < -0.4 is 10.2 Å². The molecule has 2 aliphatic heterocycles. The summed E-state index contributed by atoms with van der Waals surface area (Å²) >= 11 is 0. The number of nitrogens with zero attached hydrogens (tertiary/aromatic N) is 3. The molecule has 0 spiro atoms. The summed E-state index contributed by atoms with van der Waals surface area (Å²) in [6, 6.07) is 15.1. The normalized spacial score (nSPS) is 19.2. The molecule has 2 heterocycles. The summed E-state index contributed by atoms with van der Waals surface area (Å²) in [4.78, 5) is 42.4. The quantitative estimate of drug-likeness (QED) is 0.845. The second-order valence-corrected chi connectivity index (χ2v) is 7.47. The molecule has 2 aromatic rings. The van der Waals surface area contributed by atoms with Crippen molar-refractivity contribution in [3.63, 3.8) is 0 Å². The minimum Gasteiger partial charge on any atom is -0.339 e. The summed E-state index contributed by atoms with van der Waals surface area (Å²) in [5.41, 5.74) is 0.930. The van der Waals surface area contributed by atoms with Gasteiger partial charge in [0.25, 0.3) is 0 Å². The largest absolute Gasteiger partial charge is 0.339 e. The Bertz CT molecular complexity index is 944. The van der Waals surface area contributed by atoms with Crippen LogP contribution in [-0.2, 0) is 9.59 Å². The first-order valence-corrected chi connectivity index (χ1v) is 9.97. The average molecular weight is 410 g/mol. The Morgan fingerprint density at radius 3 is 2.23 bits per heavy atom. The van der Waals surface area contributed by atoms with E-state index in [1.807, 2.05) is 30.3 Å². The standard InChI is InChI=1S/C22H23FN4O3/c23-18-8-4-5-9-19(18)27-15-16(14-20(27)28)21(29)25-10-12-26(13-11-25)22(30)24-17-6-2-1-3-7-17/h1-9,16H,10-15H2,(H,24,30)/t16-/m0/s1. The number of anilines is 2. The number of benzene rings is 2. The molecule has 0 unspecified atom stereocenters. The molecule has 2 fully saturated rings. The number of para-hydroxylation sites is 2. The minimum atomic E-state index is -0.498. The lowest BCUT2D eigenvalue weighted by Gasteiger charge is -2.35. The van der Waals surface area contributed by atoms with E-state index in [0.717, 1.165) is 5.69 Å². The van der Waals surface area contributed by atoms with Gasteiger partial charge in [0.15, 0.2) is 0 Å². The lowest BCUT2D eigenvalue weighted by molar-refractivity contribution is -0.137. The summed E-state index contributed by atoms with van der Waals surface area (Å²) < 4.78 is 14.0. The van der Waals surface area contributed by atoms with Gasteiger partial charge in [0.1, 0.15) is 5.82 Å². The number of rotatable bonds is 3. The molecule has 7 nitrogen and oxygen atoms in total. The van der Waals surface area contributed by atoms with Crippen LogP contribution in [0.3, 0.4) is 0 Å². The molecule has 1 atom stereocenters. The van der Waals surface area contributed by atoms with Gasteiger partial charge in [-0.2, -0.15) is 0 Å². The van der Waals surface area contributed by atoms with Gasteiger partial charge in [-0.1, -0.05) is 30.3 Å². The number of amides is 4. The van der Waals surface area contributed by atoms with Gasteiger partial charge in [-0.3, -0.25) is 9.59 Å². The van der Waals surface area contributed by atoms with Crippen LogP contribution in [0.15, 0.2) is 54.6 Å². The van der Waals surface area contributed by atoms with E-state index in [4.69, 9.17) is 0 Å². The SMILES string of the molecule is O=C(Nc1ccccc1)N1CCN(C(=O)[C@H]2CC(=O)N(c3ccccc3F)C2)CC1. The highest BCUT2D eigenvalue weighted by Crippen LogP contribution is 2.28. The molecule has 2 aromatic carbocycles. The molecule has 8 heteroatoms. The fourth-order valence-electron chi connectivity index (χ4n) is 3.89. The first kappa shape index (κ1) is 19.9. The smallest absolute Gasteiger partial charge is 0.321 e. The van der Waals surface area contributed by atoms with E-state index in [9.17, 15) is 18.8 Å². The lowest BCUT2D eigenvalue weighted by atomic mass is 10.1. The van der Waals surface area contributed by atoms with Crippen LogP contribution in [0.5, 0.6) is 0 Å². The summed E-state index contributed by atoms with van der Waals surface area (Å²) in [5, 5.41) is 2.84. The molecule has 0 aliphatic carbocycles. The van der Waals surface area contributed by atoms with Crippen molar-refractivity contribution in [1.29, 1.82) is 0 Å². The van der Waals surface area contributed by atoms with Gasteiger partial charge in [-0.25, -0.2) is 9.18 Å². The third kappa shape index (κ3) is 4.12. The zero-order valence-electron chi connectivity index (χ0n) is 16.5. The van der Waals surface area contributed by atoms with E-state index in [1.54, 1.807) is 28.0 Å². The first-order chi connectivity index (χ1) is 14.5. The van der Waals surface area contributed by atoms with Crippen molar-refractivity contribution in [3.8, 4) is 0 Å². The molecule has 4 rings (SSSR count). The summed E-state index contributed by atoms with van der Waals surface area (Å²) in [6.07, 6.45) is 0.0713. The Hall–Kier alpha value is -3.42. The van der Waals surface area contributed by atoms with Gasteiger partial charge in [0.2, 0.25) is 11.8 Å². The second-order valence-electron chi connectivity index (χ2n) is 7.47. The van der Waals surface area contributed by atoms with Crippen LogP contribution in [0, 0.1) is 11.7 Å². The monoisotopic (exact) mass is 410 g/mol. The molecule has 1 N–H and O–H groups in total. The summed E-state index contributed by atoms with van der Waals surface area (Å²) in [7, 11) is 0. The molecule has 30 heavy (non-hydrogen) atoms. The highest BCUT2D eigenvalue weighted by Gasteiger charge is 2.38. The molecular weight excluding hydrogens is 387 g/mol. The van der Waals surface area contributed by atoms with Crippen LogP contribution >= 0.6 is 0 Å². The predicted molar refractivity (Wildman–Crippen MR) is 110 cm³/mol. The predicted octanol–water partition coefficient (Wildman–Crippen LogP) is 2.55. The van der Waals surface area contributed by atoms with Crippen molar-refractivity contribution in [3.05, 3.63) is 60.4 Å².